The molecule has 2 aromatic carbocycles. The molecule has 6 heteroatoms. The van der Waals surface area contributed by atoms with Crippen molar-refractivity contribution < 1.29 is 9.53 Å². The van der Waals surface area contributed by atoms with Gasteiger partial charge in [0.15, 0.2) is 0 Å². The van der Waals surface area contributed by atoms with E-state index in [0.29, 0.717) is 24.0 Å². The lowest BCUT2D eigenvalue weighted by molar-refractivity contribution is -0.0204. The van der Waals surface area contributed by atoms with Crippen LogP contribution in [0.3, 0.4) is 0 Å². The van der Waals surface area contributed by atoms with Crippen LogP contribution >= 0.6 is 0 Å². The first kappa shape index (κ1) is 21.7. The lowest BCUT2D eigenvalue weighted by Crippen LogP contribution is -2.62. The summed E-state index contributed by atoms with van der Waals surface area (Å²) in [5.41, 5.74) is 3.41. The Balaban J connectivity index is 1.27. The molecule has 0 saturated carbocycles. The second-order valence-corrected chi connectivity index (χ2v) is 9.90. The topological polar surface area (TPSA) is 61.5 Å². The number of hydrogen-bond acceptors (Lipinski definition) is 4. The van der Waals surface area contributed by atoms with Gasteiger partial charge in [0.2, 0.25) is 0 Å². The van der Waals surface area contributed by atoms with Crippen molar-refractivity contribution in [2.24, 2.45) is 11.3 Å². The number of aromatic nitrogens is 2. The molecule has 1 amide bonds. The first-order valence-electron chi connectivity index (χ1n) is 11.8. The minimum Gasteiger partial charge on any atom is -0.493 e. The van der Waals surface area contributed by atoms with Crippen molar-refractivity contribution in [3.05, 3.63) is 83.7 Å². The molecular formula is C27H32N4O2. The van der Waals surface area contributed by atoms with Crippen LogP contribution in [0.1, 0.15) is 41.3 Å². The average Bonchev–Trinajstić information content (AvgIpc) is 3.46. The summed E-state index contributed by atoms with van der Waals surface area (Å²) in [6.07, 6.45) is 3.27. The van der Waals surface area contributed by atoms with Gasteiger partial charge in [-0.25, -0.2) is 0 Å². The van der Waals surface area contributed by atoms with Crippen molar-refractivity contribution >= 4 is 5.91 Å². The summed E-state index contributed by atoms with van der Waals surface area (Å²) in [6, 6.07) is 19.0. The molecule has 1 N–H and O–H groups in total. The zero-order chi connectivity index (χ0) is 22.8. The summed E-state index contributed by atoms with van der Waals surface area (Å²) < 4.78 is 6.18. The van der Waals surface area contributed by atoms with E-state index in [1.165, 1.54) is 11.1 Å². The SMILES string of the molecule is CC(C)c1ccc(CN2CC(COc3ccccc3)C3(C2)CN(C(=O)c2cn[nH]c2)C3)cc1. The van der Waals surface area contributed by atoms with Crippen molar-refractivity contribution in [2.45, 2.75) is 26.3 Å². The van der Waals surface area contributed by atoms with Crippen LogP contribution in [0.2, 0.25) is 0 Å². The van der Waals surface area contributed by atoms with Gasteiger partial charge in [-0.1, -0.05) is 56.3 Å². The number of amides is 1. The zero-order valence-electron chi connectivity index (χ0n) is 19.4. The molecule has 33 heavy (non-hydrogen) atoms. The summed E-state index contributed by atoms with van der Waals surface area (Å²) in [6.45, 7) is 9.54. The minimum atomic E-state index is 0.0554. The van der Waals surface area contributed by atoms with Crippen LogP contribution in [0.15, 0.2) is 67.0 Å². The van der Waals surface area contributed by atoms with Crippen LogP contribution < -0.4 is 4.74 Å². The predicted molar refractivity (Wildman–Crippen MR) is 128 cm³/mol. The van der Waals surface area contributed by atoms with Crippen molar-refractivity contribution in [3.8, 4) is 5.75 Å². The van der Waals surface area contributed by atoms with E-state index in [0.717, 1.165) is 38.5 Å². The normalized spacial score (nSPS) is 19.7. The maximum Gasteiger partial charge on any atom is 0.257 e. The molecule has 3 aromatic rings. The molecule has 1 unspecified atom stereocenters. The molecule has 1 spiro atoms. The number of aromatic amines is 1. The van der Waals surface area contributed by atoms with Gasteiger partial charge in [-0.2, -0.15) is 5.10 Å². The maximum atomic E-state index is 12.8. The molecule has 0 aliphatic carbocycles. The van der Waals surface area contributed by atoms with Crippen LogP contribution in [0.25, 0.3) is 0 Å². The van der Waals surface area contributed by atoms with Crippen LogP contribution in [0.5, 0.6) is 5.75 Å². The number of rotatable bonds is 7. The highest BCUT2D eigenvalue weighted by molar-refractivity contribution is 5.94. The molecule has 3 heterocycles. The van der Waals surface area contributed by atoms with Gasteiger partial charge in [0.25, 0.3) is 5.91 Å². The smallest absolute Gasteiger partial charge is 0.257 e. The van der Waals surface area contributed by atoms with Gasteiger partial charge < -0.3 is 9.64 Å². The van der Waals surface area contributed by atoms with E-state index in [2.05, 4.69) is 53.2 Å². The highest BCUT2D eigenvalue weighted by atomic mass is 16.5. The number of likely N-dealkylation sites (tertiary alicyclic amines) is 2. The number of nitrogens with one attached hydrogen (secondary N) is 1. The first-order chi connectivity index (χ1) is 16.0. The van der Waals surface area contributed by atoms with Crippen LogP contribution in [0.4, 0.5) is 0 Å². The van der Waals surface area contributed by atoms with Gasteiger partial charge >= 0.3 is 0 Å². The van der Waals surface area contributed by atoms with Gasteiger partial charge in [-0.3, -0.25) is 14.8 Å². The fraction of sp³-hybridized carbons (Fsp3) is 0.407. The lowest BCUT2D eigenvalue weighted by atomic mass is 9.71. The molecule has 0 radical (unpaired) electrons. The van der Waals surface area contributed by atoms with E-state index in [1.807, 2.05) is 35.2 Å². The van der Waals surface area contributed by atoms with E-state index >= 15 is 0 Å². The number of nitrogens with zero attached hydrogens (tertiary/aromatic N) is 3. The summed E-state index contributed by atoms with van der Waals surface area (Å²) in [5.74, 6) is 1.88. The maximum absolute atomic E-state index is 12.8. The molecule has 1 atom stereocenters. The highest BCUT2D eigenvalue weighted by Crippen LogP contribution is 2.45. The van der Waals surface area contributed by atoms with Gasteiger partial charge in [0.1, 0.15) is 5.75 Å². The van der Waals surface area contributed by atoms with Crippen molar-refractivity contribution in [1.82, 2.24) is 20.0 Å². The number of benzene rings is 2. The predicted octanol–water partition coefficient (Wildman–Crippen LogP) is 4.19. The number of carbonyl (C=O) groups excluding carboxylic acids is 1. The van der Waals surface area contributed by atoms with Crippen LogP contribution in [-0.2, 0) is 6.54 Å². The largest absolute Gasteiger partial charge is 0.493 e. The van der Waals surface area contributed by atoms with Gasteiger partial charge in [-0.15, -0.1) is 0 Å². The average molecular weight is 445 g/mol. The third-order valence-corrected chi connectivity index (χ3v) is 7.17. The van der Waals surface area contributed by atoms with Gasteiger partial charge in [-0.05, 0) is 29.2 Å². The lowest BCUT2D eigenvalue weighted by Gasteiger charge is -2.51. The summed E-state index contributed by atoms with van der Waals surface area (Å²) in [7, 11) is 0. The number of hydrogen-bond donors (Lipinski definition) is 1. The molecule has 6 nitrogen and oxygen atoms in total. The Bertz CT molecular complexity index is 1060. The van der Waals surface area contributed by atoms with E-state index in [9.17, 15) is 4.79 Å². The number of ether oxygens (including phenoxy) is 1. The van der Waals surface area contributed by atoms with Crippen molar-refractivity contribution in [3.63, 3.8) is 0 Å². The van der Waals surface area contributed by atoms with Crippen molar-refractivity contribution in [1.29, 1.82) is 0 Å². The monoisotopic (exact) mass is 444 g/mol. The van der Waals surface area contributed by atoms with E-state index < -0.39 is 0 Å². The fourth-order valence-corrected chi connectivity index (χ4v) is 5.24. The second-order valence-electron chi connectivity index (χ2n) is 9.90. The Labute approximate surface area is 195 Å². The van der Waals surface area contributed by atoms with E-state index in [1.54, 1.807) is 12.4 Å². The first-order valence-corrected chi connectivity index (χ1v) is 11.8. The number of para-hydroxylation sites is 1. The third kappa shape index (κ3) is 4.53. The third-order valence-electron chi connectivity index (χ3n) is 7.17. The highest BCUT2D eigenvalue weighted by Gasteiger charge is 2.55. The molecule has 5 rings (SSSR count). The molecule has 1 aromatic heterocycles. The Hall–Kier alpha value is -3.12. The molecular weight excluding hydrogens is 412 g/mol. The summed E-state index contributed by atoms with van der Waals surface area (Å²) in [4.78, 5) is 17.3. The Morgan fingerprint density at radius 2 is 1.88 bits per heavy atom. The van der Waals surface area contributed by atoms with Crippen LogP contribution in [0, 0.1) is 11.3 Å². The molecule has 172 valence electrons. The quantitative estimate of drug-likeness (QED) is 0.594. The standard InChI is InChI=1S/C27H32N4O2/c1-20(2)22-10-8-21(9-11-22)14-30-15-24(16-33-25-6-4-3-5-7-25)27(17-30)18-31(19-27)26(32)23-12-28-29-13-23/h3-13,20,24H,14-19H2,1-2H3,(H,28,29). The number of carbonyl (C=O) groups is 1. The summed E-state index contributed by atoms with van der Waals surface area (Å²) >= 11 is 0. The van der Waals surface area contributed by atoms with E-state index in [-0.39, 0.29) is 11.3 Å². The molecule has 0 bridgehead atoms. The van der Waals surface area contributed by atoms with Crippen LogP contribution in [-0.4, -0.2) is 58.7 Å². The van der Waals surface area contributed by atoms with Gasteiger partial charge in [0, 0.05) is 50.3 Å². The second kappa shape index (κ2) is 9.02. The molecule has 2 saturated heterocycles. The van der Waals surface area contributed by atoms with Gasteiger partial charge in [0.05, 0.1) is 18.4 Å². The Kier molecular flexibility index (Phi) is 5.94. The van der Waals surface area contributed by atoms with Crippen molar-refractivity contribution in [2.75, 3.05) is 32.8 Å². The Morgan fingerprint density at radius 1 is 1.12 bits per heavy atom. The Morgan fingerprint density at radius 3 is 2.55 bits per heavy atom. The molecule has 2 aliphatic heterocycles. The number of H-pyrrole nitrogens is 1. The van der Waals surface area contributed by atoms with E-state index in [4.69, 9.17) is 4.74 Å². The zero-order valence-corrected chi connectivity index (χ0v) is 19.4. The molecule has 2 fully saturated rings. The fourth-order valence-electron chi connectivity index (χ4n) is 5.24. The minimum absolute atomic E-state index is 0.0554. The summed E-state index contributed by atoms with van der Waals surface area (Å²) in [5, 5.41) is 6.67. The molecule has 2 aliphatic rings.